The zero-order valence-electron chi connectivity index (χ0n) is 16.9. The van der Waals surface area contributed by atoms with Gasteiger partial charge in [0.25, 0.3) is 0 Å². The lowest BCUT2D eigenvalue weighted by molar-refractivity contribution is 0.189. The van der Waals surface area contributed by atoms with E-state index in [9.17, 15) is 0 Å². The molecule has 7 nitrogen and oxygen atoms in total. The third-order valence-corrected chi connectivity index (χ3v) is 4.96. The number of aliphatic imine (C=N–C) groups is 1. The second kappa shape index (κ2) is 11.2. The minimum Gasteiger partial charge on any atom is -0.478 e. The van der Waals surface area contributed by atoms with Crippen molar-refractivity contribution in [3.8, 4) is 5.88 Å². The van der Waals surface area contributed by atoms with Crippen LogP contribution in [0.4, 0.5) is 0 Å². The molecule has 2 unspecified atom stereocenters. The van der Waals surface area contributed by atoms with Crippen LogP contribution >= 0.6 is 24.0 Å². The van der Waals surface area contributed by atoms with Gasteiger partial charge in [0.2, 0.25) is 5.88 Å². The summed E-state index contributed by atoms with van der Waals surface area (Å²) in [5.41, 5.74) is 1.10. The highest BCUT2D eigenvalue weighted by Gasteiger charge is 2.28. The number of aromatic nitrogens is 3. The van der Waals surface area contributed by atoms with Gasteiger partial charge >= 0.3 is 0 Å². The number of likely N-dealkylation sites (tertiary alicyclic amines) is 1. The van der Waals surface area contributed by atoms with Crippen LogP contribution in [0.5, 0.6) is 5.88 Å². The minimum absolute atomic E-state index is 0. The summed E-state index contributed by atoms with van der Waals surface area (Å²) in [6.45, 7) is 10.4. The summed E-state index contributed by atoms with van der Waals surface area (Å²) in [7, 11) is 0. The molecule has 0 aliphatic carbocycles. The van der Waals surface area contributed by atoms with E-state index in [1.807, 2.05) is 31.6 Å². The Labute approximate surface area is 184 Å². The van der Waals surface area contributed by atoms with Gasteiger partial charge in [0.15, 0.2) is 5.96 Å². The van der Waals surface area contributed by atoms with Crippen LogP contribution in [0.15, 0.2) is 42.0 Å². The summed E-state index contributed by atoms with van der Waals surface area (Å²) >= 11 is 0. The Hall–Kier alpha value is -1.84. The molecule has 3 rings (SSSR count). The van der Waals surface area contributed by atoms with Crippen molar-refractivity contribution in [3.63, 3.8) is 0 Å². The first-order chi connectivity index (χ1) is 13.2. The van der Waals surface area contributed by atoms with Gasteiger partial charge in [-0.2, -0.15) is 0 Å². The summed E-state index contributed by atoms with van der Waals surface area (Å²) in [4.78, 5) is 15.7. The van der Waals surface area contributed by atoms with Crippen molar-refractivity contribution in [1.82, 2.24) is 24.8 Å². The Kier molecular flexibility index (Phi) is 9.01. The molecule has 0 amide bonds. The molecule has 154 valence electrons. The van der Waals surface area contributed by atoms with E-state index in [1.54, 1.807) is 6.20 Å². The lowest BCUT2D eigenvalue weighted by Gasteiger charge is -2.39. The lowest BCUT2D eigenvalue weighted by atomic mass is 9.93. The predicted octanol–water partition coefficient (Wildman–Crippen LogP) is 3.34. The molecule has 0 bridgehead atoms. The molecule has 0 aromatic carbocycles. The Morgan fingerprint density at radius 2 is 2.21 bits per heavy atom. The van der Waals surface area contributed by atoms with Crippen LogP contribution in [0.25, 0.3) is 0 Å². The number of rotatable bonds is 6. The molecule has 0 spiro atoms. The van der Waals surface area contributed by atoms with Crippen LogP contribution in [0.2, 0.25) is 0 Å². The maximum absolute atomic E-state index is 5.49. The number of piperidine rings is 1. The molecule has 2 aromatic heterocycles. The van der Waals surface area contributed by atoms with Gasteiger partial charge < -0.3 is 19.5 Å². The summed E-state index contributed by atoms with van der Waals surface area (Å²) in [5.74, 6) is 2.23. The van der Waals surface area contributed by atoms with E-state index in [-0.39, 0.29) is 24.0 Å². The van der Waals surface area contributed by atoms with Crippen molar-refractivity contribution in [2.45, 2.75) is 39.8 Å². The second-order valence-electron chi connectivity index (χ2n) is 6.89. The van der Waals surface area contributed by atoms with Crippen LogP contribution in [0, 0.1) is 5.92 Å². The van der Waals surface area contributed by atoms with Crippen LogP contribution < -0.4 is 10.1 Å². The maximum Gasteiger partial charge on any atom is 0.213 e. The standard InChI is InChI=1S/C20H30N6O.HI/c1-4-22-20(24-13-17-6-8-23-19(12-17)27-5-2)25-10-7-16(3)18(14-25)26-11-9-21-15-26;/h6,8-9,11-12,15-16,18H,4-5,7,10,13-14H2,1-3H3,(H,22,24);1H. The van der Waals surface area contributed by atoms with E-state index < -0.39 is 0 Å². The molecule has 1 aliphatic rings. The highest BCUT2D eigenvalue weighted by atomic mass is 127. The van der Waals surface area contributed by atoms with Crippen molar-refractivity contribution in [1.29, 1.82) is 0 Å². The average molecular weight is 498 g/mol. The Bertz CT molecular complexity index is 736. The third kappa shape index (κ3) is 5.83. The van der Waals surface area contributed by atoms with Crippen LogP contribution in [-0.2, 0) is 6.54 Å². The van der Waals surface area contributed by atoms with E-state index in [0.717, 1.165) is 37.6 Å². The van der Waals surface area contributed by atoms with Crippen molar-refractivity contribution >= 4 is 29.9 Å². The second-order valence-corrected chi connectivity index (χ2v) is 6.89. The van der Waals surface area contributed by atoms with E-state index in [0.29, 0.717) is 31.0 Å². The first-order valence-corrected chi connectivity index (χ1v) is 9.79. The smallest absolute Gasteiger partial charge is 0.213 e. The van der Waals surface area contributed by atoms with Gasteiger partial charge in [-0.1, -0.05) is 6.92 Å². The number of imidazole rings is 1. The molecule has 28 heavy (non-hydrogen) atoms. The molecule has 8 heteroatoms. The third-order valence-electron chi connectivity index (χ3n) is 4.96. The number of guanidine groups is 1. The number of hydrogen-bond donors (Lipinski definition) is 1. The zero-order chi connectivity index (χ0) is 19.1. The Balaban J connectivity index is 0.00000280. The quantitative estimate of drug-likeness (QED) is 0.376. The number of pyridine rings is 1. The molecule has 0 saturated carbocycles. The zero-order valence-corrected chi connectivity index (χ0v) is 19.2. The summed E-state index contributed by atoms with van der Waals surface area (Å²) < 4.78 is 7.71. The lowest BCUT2D eigenvalue weighted by Crippen LogP contribution is -2.49. The van der Waals surface area contributed by atoms with Crippen LogP contribution in [0.3, 0.4) is 0 Å². The highest BCUT2D eigenvalue weighted by Crippen LogP contribution is 2.27. The normalized spacial score (nSPS) is 19.8. The SMILES string of the molecule is CCNC(=NCc1ccnc(OCC)c1)N1CCC(C)C(n2ccnc2)C1.I. The van der Waals surface area contributed by atoms with Gasteiger partial charge in [0, 0.05) is 44.3 Å². The minimum atomic E-state index is 0. The predicted molar refractivity (Wildman–Crippen MR) is 122 cm³/mol. The van der Waals surface area contributed by atoms with Crippen molar-refractivity contribution in [2.75, 3.05) is 26.2 Å². The number of halogens is 1. The van der Waals surface area contributed by atoms with Crippen molar-refractivity contribution in [2.24, 2.45) is 10.9 Å². The first kappa shape index (κ1) is 22.4. The summed E-state index contributed by atoms with van der Waals surface area (Å²) in [5, 5.41) is 3.45. The molecule has 1 aliphatic heterocycles. The number of nitrogens with one attached hydrogen (secondary N) is 1. The van der Waals surface area contributed by atoms with Gasteiger partial charge in [-0.3, -0.25) is 0 Å². The fourth-order valence-electron chi connectivity index (χ4n) is 3.46. The van der Waals surface area contributed by atoms with Gasteiger partial charge in [0.1, 0.15) is 0 Å². The van der Waals surface area contributed by atoms with Gasteiger partial charge in [-0.15, -0.1) is 24.0 Å². The molecule has 0 radical (unpaired) electrons. The van der Waals surface area contributed by atoms with E-state index in [1.165, 1.54) is 0 Å². The van der Waals surface area contributed by atoms with Crippen molar-refractivity contribution < 1.29 is 4.74 Å². The van der Waals surface area contributed by atoms with Crippen LogP contribution in [-0.4, -0.2) is 51.6 Å². The fraction of sp³-hybridized carbons (Fsp3) is 0.550. The molecular weight excluding hydrogens is 467 g/mol. The first-order valence-electron chi connectivity index (χ1n) is 9.79. The Morgan fingerprint density at radius 1 is 1.36 bits per heavy atom. The van der Waals surface area contributed by atoms with Gasteiger partial charge in [0.05, 0.1) is 25.5 Å². The molecule has 1 N–H and O–H groups in total. The monoisotopic (exact) mass is 498 g/mol. The largest absolute Gasteiger partial charge is 0.478 e. The molecule has 1 fully saturated rings. The van der Waals surface area contributed by atoms with E-state index in [2.05, 4.69) is 44.8 Å². The molecule has 2 atom stereocenters. The number of nitrogens with zero attached hydrogens (tertiary/aromatic N) is 5. The topological polar surface area (TPSA) is 67.6 Å². The van der Waals surface area contributed by atoms with E-state index in [4.69, 9.17) is 9.73 Å². The molecule has 2 aromatic rings. The van der Waals surface area contributed by atoms with Gasteiger partial charge in [-0.05, 0) is 37.8 Å². The molecule has 3 heterocycles. The maximum atomic E-state index is 5.49. The summed E-state index contributed by atoms with van der Waals surface area (Å²) in [6.07, 6.45) is 8.74. The fourth-order valence-corrected chi connectivity index (χ4v) is 3.46. The van der Waals surface area contributed by atoms with E-state index >= 15 is 0 Å². The van der Waals surface area contributed by atoms with Crippen molar-refractivity contribution in [3.05, 3.63) is 42.6 Å². The number of hydrogen-bond acceptors (Lipinski definition) is 4. The van der Waals surface area contributed by atoms with Crippen LogP contribution in [0.1, 0.15) is 38.8 Å². The average Bonchev–Trinajstić information content (AvgIpc) is 3.21. The molecular formula is C20H31IN6O. The number of ether oxygens (including phenoxy) is 1. The Morgan fingerprint density at radius 3 is 2.93 bits per heavy atom. The molecule has 1 saturated heterocycles. The summed E-state index contributed by atoms with van der Waals surface area (Å²) in [6, 6.07) is 4.36. The highest BCUT2D eigenvalue weighted by molar-refractivity contribution is 14.0. The van der Waals surface area contributed by atoms with Gasteiger partial charge in [-0.25, -0.2) is 15.0 Å².